The Morgan fingerprint density at radius 1 is 0.741 bits per heavy atom. The van der Waals surface area contributed by atoms with Crippen molar-refractivity contribution in [2.75, 3.05) is 6.54 Å². The van der Waals surface area contributed by atoms with Gasteiger partial charge in [0.05, 0.1) is 0 Å². The van der Waals surface area contributed by atoms with E-state index in [2.05, 4.69) is 85.9 Å². The predicted octanol–water partition coefficient (Wildman–Crippen LogP) is 5.72. The molecule has 0 aromatic heterocycles. The zero-order valence-electron chi connectivity index (χ0n) is 16.3. The summed E-state index contributed by atoms with van der Waals surface area (Å²) >= 11 is 0. The molecule has 0 bridgehead atoms. The minimum atomic E-state index is -0.0609. The second kappa shape index (κ2) is 9.38. The van der Waals surface area contributed by atoms with Crippen LogP contribution >= 0.6 is 0 Å². The van der Waals surface area contributed by atoms with E-state index < -0.39 is 0 Å². The van der Waals surface area contributed by atoms with Crippen LogP contribution in [0, 0.1) is 0 Å². The van der Waals surface area contributed by atoms with E-state index in [0.717, 1.165) is 25.1 Å². The Kier molecular flexibility index (Phi) is 6.67. The van der Waals surface area contributed by atoms with Crippen LogP contribution in [0.3, 0.4) is 0 Å². The van der Waals surface area contributed by atoms with E-state index in [1.54, 1.807) is 0 Å². The van der Waals surface area contributed by atoms with Gasteiger partial charge in [0.15, 0.2) is 0 Å². The molecule has 0 saturated carbocycles. The van der Waals surface area contributed by atoms with Crippen molar-refractivity contribution in [3.8, 4) is 5.75 Å². The van der Waals surface area contributed by atoms with Crippen molar-refractivity contribution in [1.82, 2.24) is 5.32 Å². The lowest BCUT2D eigenvalue weighted by atomic mass is 9.94. The van der Waals surface area contributed by atoms with Crippen LogP contribution in [0.2, 0.25) is 0 Å². The van der Waals surface area contributed by atoms with E-state index in [1.165, 1.54) is 16.7 Å². The highest BCUT2D eigenvalue weighted by molar-refractivity contribution is 5.31. The van der Waals surface area contributed by atoms with Gasteiger partial charge in [-0.15, -0.1) is 0 Å². The van der Waals surface area contributed by atoms with Crippen LogP contribution in [0.5, 0.6) is 5.75 Å². The largest absolute Gasteiger partial charge is 0.489 e. The van der Waals surface area contributed by atoms with Gasteiger partial charge in [-0.1, -0.05) is 72.8 Å². The minimum Gasteiger partial charge on any atom is -0.489 e. The Labute approximate surface area is 163 Å². The summed E-state index contributed by atoms with van der Waals surface area (Å²) in [5.74, 6) is 0.905. The lowest BCUT2D eigenvalue weighted by Crippen LogP contribution is -2.37. The average Bonchev–Trinajstić information content (AvgIpc) is 2.72. The molecule has 0 saturated heterocycles. The van der Waals surface area contributed by atoms with Gasteiger partial charge in [0, 0.05) is 5.54 Å². The first kappa shape index (κ1) is 19.2. The molecule has 3 aromatic carbocycles. The minimum absolute atomic E-state index is 0.0609. The second-order valence-corrected chi connectivity index (χ2v) is 7.44. The normalized spacial score (nSPS) is 11.3. The molecule has 2 heteroatoms. The summed E-state index contributed by atoms with van der Waals surface area (Å²) in [6.45, 7) is 6.06. The fourth-order valence-electron chi connectivity index (χ4n) is 3.15. The van der Waals surface area contributed by atoms with Gasteiger partial charge in [0.2, 0.25) is 0 Å². The Hall–Kier alpha value is -2.58. The van der Waals surface area contributed by atoms with Gasteiger partial charge in [-0.25, -0.2) is 0 Å². The smallest absolute Gasteiger partial charge is 0.119 e. The van der Waals surface area contributed by atoms with Crippen LogP contribution in [0.1, 0.15) is 37.0 Å². The van der Waals surface area contributed by atoms with E-state index in [0.29, 0.717) is 6.61 Å². The number of nitrogens with one attached hydrogen (secondary N) is 1. The van der Waals surface area contributed by atoms with Crippen LogP contribution < -0.4 is 10.1 Å². The van der Waals surface area contributed by atoms with Gasteiger partial charge >= 0.3 is 0 Å². The van der Waals surface area contributed by atoms with E-state index in [1.807, 2.05) is 18.2 Å². The molecule has 0 aliphatic heterocycles. The molecule has 0 aliphatic carbocycles. The molecular formula is C25H29NO. The molecule has 0 atom stereocenters. The lowest BCUT2D eigenvalue weighted by molar-refractivity contribution is 0.305. The van der Waals surface area contributed by atoms with Gasteiger partial charge in [0.25, 0.3) is 0 Å². The van der Waals surface area contributed by atoms with Gasteiger partial charge in [-0.2, -0.15) is 0 Å². The first-order chi connectivity index (χ1) is 13.1. The van der Waals surface area contributed by atoms with Crippen molar-refractivity contribution >= 4 is 0 Å². The summed E-state index contributed by atoms with van der Waals surface area (Å²) in [7, 11) is 0. The van der Waals surface area contributed by atoms with Crippen LogP contribution in [0.15, 0.2) is 84.9 Å². The standard InChI is InChI=1S/C25H29NO/c1-25(2,26-19-9-14-21-10-5-3-6-11-21)23-15-17-24(18-16-23)27-20-22-12-7-4-8-13-22/h3-8,10-13,15-18,26H,9,14,19-20H2,1-2H3. The van der Waals surface area contributed by atoms with Crippen LogP contribution in [-0.4, -0.2) is 6.54 Å². The van der Waals surface area contributed by atoms with Gasteiger partial charge in [-0.3, -0.25) is 0 Å². The molecule has 3 aromatic rings. The molecule has 1 N–H and O–H groups in total. The first-order valence-electron chi connectivity index (χ1n) is 9.70. The van der Waals surface area contributed by atoms with Crippen molar-refractivity contribution < 1.29 is 4.74 Å². The fraction of sp³-hybridized carbons (Fsp3) is 0.280. The Morgan fingerprint density at radius 3 is 1.96 bits per heavy atom. The zero-order valence-corrected chi connectivity index (χ0v) is 16.3. The second-order valence-electron chi connectivity index (χ2n) is 7.44. The molecule has 0 amide bonds. The van der Waals surface area contributed by atoms with Crippen molar-refractivity contribution in [1.29, 1.82) is 0 Å². The van der Waals surface area contributed by atoms with E-state index in [9.17, 15) is 0 Å². The predicted molar refractivity (Wildman–Crippen MR) is 113 cm³/mol. The van der Waals surface area contributed by atoms with E-state index in [4.69, 9.17) is 4.74 Å². The van der Waals surface area contributed by atoms with Crippen molar-refractivity contribution in [2.24, 2.45) is 0 Å². The monoisotopic (exact) mass is 359 g/mol. The molecule has 0 fully saturated rings. The number of aryl methyl sites for hydroxylation is 1. The number of benzene rings is 3. The fourth-order valence-corrected chi connectivity index (χ4v) is 3.15. The highest BCUT2D eigenvalue weighted by Crippen LogP contribution is 2.23. The number of hydrogen-bond donors (Lipinski definition) is 1. The molecule has 0 spiro atoms. The SMILES string of the molecule is CC(C)(NCCCc1ccccc1)c1ccc(OCc2ccccc2)cc1. The van der Waals surface area contributed by atoms with Gasteiger partial charge in [-0.05, 0) is 62.1 Å². The summed E-state index contributed by atoms with van der Waals surface area (Å²) in [5, 5.41) is 3.68. The maximum absolute atomic E-state index is 5.89. The third kappa shape index (κ3) is 5.97. The van der Waals surface area contributed by atoms with E-state index in [-0.39, 0.29) is 5.54 Å². The quantitative estimate of drug-likeness (QED) is 0.493. The molecule has 0 radical (unpaired) electrons. The van der Waals surface area contributed by atoms with Crippen LogP contribution in [0.4, 0.5) is 0 Å². The topological polar surface area (TPSA) is 21.3 Å². The zero-order chi connectivity index (χ0) is 19.0. The molecule has 2 nitrogen and oxygen atoms in total. The van der Waals surface area contributed by atoms with Crippen molar-refractivity contribution in [3.63, 3.8) is 0 Å². The molecule has 0 unspecified atom stereocenters. The van der Waals surface area contributed by atoms with Gasteiger partial charge < -0.3 is 10.1 Å². The number of ether oxygens (including phenoxy) is 1. The molecule has 0 aliphatic rings. The third-order valence-corrected chi connectivity index (χ3v) is 4.88. The number of hydrogen-bond acceptors (Lipinski definition) is 2. The molecular weight excluding hydrogens is 330 g/mol. The molecule has 140 valence electrons. The average molecular weight is 360 g/mol. The maximum atomic E-state index is 5.89. The Balaban J connectivity index is 1.47. The van der Waals surface area contributed by atoms with Crippen molar-refractivity contribution in [3.05, 3.63) is 102 Å². The Morgan fingerprint density at radius 2 is 1.33 bits per heavy atom. The highest BCUT2D eigenvalue weighted by atomic mass is 16.5. The third-order valence-electron chi connectivity index (χ3n) is 4.88. The summed E-state index contributed by atoms with van der Waals surface area (Å²) in [5.41, 5.74) is 3.79. The maximum Gasteiger partial charge on any atom is 0.119 e. The van der Waals surface area contributed by atoms with Crippen LogP contribution in [0.25, 0.3) is 0 Å². The first-order valence-corrected chi connectivity index (χ1v) is 9.70. The van der Waals surface area contributed by atoms with Crippen LogP contribution in [-0.2, 0) is 18.6 Å². The molecule has 27 heavy (non-hydrogen) atoms. The summed E-state index contributed by atoms with van der Waals surface area (Å²) in [6, 6.07) is 29.4. The highest BCUT2D eigenvalue weighted by Gasteiger charge is 2.19. The molecule has 0 heterocycles. The molecule has 3 rings (SSSR count). The van der Waals surface area contributed by atoms with E-state index >= 15 is 0 Å². The van der Waals surface area contributed by atoms with Crippen molar-refractivity contribution in [2.45, 2.75) is 38.8 Å². The number of rotatable bonds is 9. The van der Waals surface area contributed by atoms with Gasteiger partial charge in [0.1, 0.15) is 12.4 Å². The summed E-state index contributed by atoms with van der Waals surface area (Å²) in [6.07, 6.45) is 2.24. The lowest BCUT2D eigenvalue weighted by Gasteiger charge is -2.27. The summed E-state index contributed by atoms with van der Waals surface area (Å²) in [4.78, 5) is 0. The Bertz CT molecular complexity index is 795. The summed E-state index contributed by atoms with van der Waals surface area (Å²) < 4.78 is 5.89.